The lowest BCUT2D eigenvalue weighted by molar-refractivity contribution is -0.138. The van der Waals surface area contributed by atoms with Gasteiger partial charge in [-0.3, -0.25) is 4.79 Å². The van der Waals surface area contributed by atoms with Crippen LogP contribution in [0.1, 0.15) is 18.1 Å². The van der Waals surface area contributed by atoms with E-state index in [2.05, 4.69) is 9.72 Å². The Bertz CT molecular complexity index is 463. The quantitative estimate of drug-likeness (QED) is 0.634. The molecule has 0 aliphatic carbocycles. The van der Waals surface area contributed by atoms with E-state index in [4.69, 9.17) is 18.0 Å². The fourth-order valence-corrected chi connectivity index (χ4v) is 1.90. The fourth-order valence-electron chi connectivity index (χ4n) is 1.65. The molecule has 1 aromatic heterocycles. The van der Waals surface area contributed by atoms with E-state index in [9.17, 15) is 4.79 Å². The monoisotopic (exact) mass is 267 g/mol. The Morgan fingerprint density at radius 2 is 2.28 bits per heavy atom. The van der Waals surface area contributed by atoms with E-state index in [0.717, 1.165) is 5.56 Å². The van der Waals surface area contributed by atoms with Gasteiger partial charge in [-0.25, -0.2) is 4.98 Å². The van der Waals surface area contributed by atoms with Crippen molar-refractivity contribution in [2.45, 2.75) is 13.8 Å². The number of nitrogens with zero attached hydrogens (tertiary/aromatic N) is 2. The number of pyridine rings is 1. The summed E-state index contributed by atoms with van der Waals surface area (Å²) in [5, 5.41) is 0. The average molecular weight is 267 g/mol. The molecule has 0 spiro atoms. The molecular weight excluding hydrogens is 250 g/mol. The third-order valence-electron chi connectivity index (χ3n) is 2.61. The third kappa shape index (κ3) is 3.16. The van der Waals surface area contributed by atoms with Crippen LogP contribution < -0.4 is 10.6 Å². The molecule has 0 saturated heterocycles. The van der Waals surface area contributed by atoms with Crippen molar-refractivity contribution in [1.82, 2.24) is 4.98 Å². The van der Waals surface area contributed by atoms with E-state index < -0.39 is 0 Å². The second-order valence-corrected chi connectivity index (χ2v) is 4.22. The van der Waals surface area contributed by atoms with Crippen LogP contribution >= 0.6 is 12.2 Å². The van der Waals surface area contributed by atoms with Gasteiger partial charge in [0.15, 0.2) is 0 Å². The molecule has 5 nitrogen and oxygen atoms in total. The van der Waals surface area contributed by atoms with Gasteiger partial charge in [0.1, 0.15) is 17.4 Å². The summed E-state index contributed by atoms with van der Waals surface area (Å²) in [5.41, 5.74) is 7.37. The summed E-state index contributed by atoms with van der Waals surface area (Å²) in [5.74, 6) is 0.296. The predicted molar refractivity (Wildman–Crippen MR) is 74.8 cm³/mol. The Balaban J connectivity index is 3.17. The van der Waals surface area contributed by atoms with Crippen LogP contribution in [0.5, 0.6) is 0 Å². The smallest absolute Gasteiger partial charge is 0.325 e. The van der Waals surface area contributed by atoms with Gasteiger partial charge in [0.05, 0.1) is 12.7 Å². The van der Waals surface area contributed by atoms with Crippen LogP contribution in [0.15, 0.2) is 12.3 Å². The minimum absolute atomic E-state index is 0.124. The minimum Gasteiger partial charge on any atom is -0.468 e. The average Bonchev–Trinajstić information content (AvgIpc) is 2.34. The van der Waals surface area contributed by atoms with E-state index in [-0.39, 0.29) is 17.5 Å². The first-order valence-electron chi connectivity index (χ1n) is 5.58. The maximum Gasteiger partial charge on any atom is 0.325 e. The van der Waals surface area contributed by atoms with Gasteiger partial charge in [0, 0.05) is 12.7 Å². The summed E-state index contributed by atoms with van der Waals surface area (Å²) in [6.45, 7) is 4.57. The third-order valence-corrected chi connectivity index (χ3v) is 2.82. The number of ether oxygens (including phenoxy) is 1. The molecule has 1 rings (SSSR count). The van der Waals surface area contributed by atoms with Crippen LogP contribution in [-0.4, -0.2) is 36.1 Å². The number of esters is 1. The number of carbonyl (C=O) groups excluding carboxylic acids is 1. The van der Waals surface area contributed by atoms with Gasteiger partial charge in [0.2, 0.25) is 0 Å². The van der Waals surface area contributed by atoms with Crippen molar-refractivity contribution in [1.29, 1.82) is 0 Å². The lowest BCUT2D eigenvalue weighted by atomic mass is 10.1. The molecule has 1 aromatic rings. The van der Waals surface area contributed by atoms with Gasteiger partial charge >= 0.3 is 5.97 Å². The summed E-state index contributed by atoms with van der Waals surface area (Å²) in [6, 6.07) is 1.84. The molecule has 98 valence electrons. The maximum atomic E-state index is 11.4. The number of anilines is 1. The van der Waals surface area contributed by atoms with Crippen molar-refractivity contribution >= 4 is 29.0 Å². The molecule has 0 amide bonds. The van der Waals surface area contributed by atoms with Gasteiger partial charge in [-0.1, -0.05) is 12.2 Å². The molecule has 1 heterocycles. The molecule has 0 atom stereocenters. The van der Waals surface area contributed by atoms with Gasteiger partial charge < -0.3 is 15.4 Å². The molecule has 2 N–H and O–H groups in total. The molecular formula is C12H17N3O2S. The maximum absolute atomic E-state index is 11.4. The van der Waals surface area contributed by atoms with Crippen LogP contribution in [0.3, 0.4) is 0 Å². The Kier molecular flexibility index (Phi) is 5.03. The number of thiocarbonyl (C=S) groups is 1. The molecule has 0 radical (unpaired) electrons. The van der Waals surface area contributed by atoms with Crippen LogP contribution in [0.25, 0.3) is 0 Å². The Hall–Kier alpha value is -1.69. The Labute approximate surface area is 112 Å². The van der Waals surface area contributed by atoms with Gasteiger partial charge in [-0.15, -0.1) is 0 Å². The Morgan fingerprint density at radius 1 is 1.61 bits per heavy atom. The van der Waals surface area contributed by atoms with E-state index in [1.54, 1.807) is 11.1 Å². The van der Waals surface area contributed by atoms with Crippen LogP contribution in [0.2, 0.25) is 0 Å². The highest BCUT2D eigenvalue weighted by Crippen LogP contribution is 2.20. The topological polar surface area (TPSA) is 68.5 Å². The van der Waals surface area contributed by atoms with Crippen molar-refractivity contribution in [3.05, 3.63) is 23.4 Å². The number of hydrogen-bond acceptors (Lipinski definition) is 5. The zero-order chi connectivity index (χ0) is 13.7. The van der Waals surface area contributed by atoms with Crippen LogP contribution in [-0.2, 0) is 9.53 Å². The highest BCUT2D eigenvalue weighted by molar-refractivity contribution is 7.80. The molecule has 0 aliphatic rings. The van der Waals surface area contributed by atoms with Crippen molar-refractivity contribution in [3.8, 4) is 0 Å². The summed E-state index contributed by atoms with van der Waals surface area (Å²) < 4.78 is 4.66. The van der Waals surface area contributed by atoms with E-state index in [1.807, 2.05) is 19.9 Å². The first-order chi connectivity index (χ1) is 8.51. The van der Waals surface area contributed by atoms with Crippen molar-refractivity contribution in [2.75, 3.05) is 25.1 Å². The molecule has 6 heteroatoms. The van der Waals surface area contributed by atoms with Gasteiger partial charge in [-0.05, 0) is 25.5 Å². The number of aryl methyl sites for hydroxylation is 1. The molecule has 0 aromatic carbocycles. The molecule has 0 fully saturated rings. The fraction of sp³-hybridized carbons (Fsp3) is 0.417. The summed E-state index contributed by atoms with van der Waals surface area (Å²) in [4.78, 5) is 17.7. The summed E-state index contributed by atoms with van der Waals surface area (Å²) in [7, 11) is 1.36. The highest BCUT2D eigenvalue weighted by Gasteiger charge is 2.17. The summed E-state index contributed by atoms with van der Waals surface area (Å²) in [6.07, 6.45) is 1.67. The lowest BCUT2D eigenvalue weighted by Crippen LogP contribution is -2.33. The SMILES string of the molecule is CCN(CC(=O)OC)c1nccc(C)c1C(N)=S. The highest BCUT2D eigenvalue weighted by atomic mass is 32.1. The molecule has 0 bridgehead atoms. The number of nitrogens with two attached hydrogens (primary N) is 1. The predicted octanol–water partition coefficient (Wildman–Crippen LogP) is 1.02. The molecule has 18 heavy (non-hydrogen) atoms. The second-order valence-electron chi connectivity index (χ2n) is 3.78. The number of aromatic nitrogens is 1. The van der Waals surface area contributed by atoms with Gasteiger partial charge in [0.25, 0.3) is 0 Å². The standard InChI is InChI=1S/C12H17N3O2S/c1-4-15(7-9(16)17-3)12-10(11(13)18)8(2)5-6-14-12/h5-6H,4,7H2,1-3H3,(H2,13,18). The van der Waals surface area contributed by atoms with Gasteiger partial charge in [-0.2, -0.15) is 0 Å². The number of methoxy groups -OCH3 is 1. The molecule has 0 aliphatic heterocycles. The van der Waals surface area contributed by atoms with E-state index in [0.29, 0.717) is 17.9 Å². The molecule has 0 unspecified atom stereocenters. The normalized spacial score (nSPS) is 9.94. The number of carbonyl (C=O) groups is 1. The number of likely N-dealkylation sites (N-methyl/N-ethyl adjacent to an activating group) is 1. The molecule has 0 saturated carbocycles. The van der Waals surface area contributed by atoms with Crippen LogP contribution in [0, 0.1) is 6.92 Å². The van der Waals surface area contributed by atoms with Crippen molar-refractivity contribution < 1.29 is 9.53 Å². The number of rotatable bonds is 5. The zero-order valence-corrected chi connectivity index (χ0v) is 11.6. The van der Waals surface area contributed by atoms with E-state index >= 15 is 0 Å². The Morgan fingerprint density at radius 3 is 2.78 bits per heavy atom. The lowest BCUT2D eigenvalue weighted by Gasteiger charge is -2.23. The summed E-state index contributed by atoms with van der Waals surface area (Å²) >= 11 is 5.04. The van der Waals surface area contributed by atoms with E-state index in [1.165, 1.54) is 7.11 Å². The zero-order valence-electron chi connectivity index (χ0n) is 10.8. The first-order valence-corrected chi connectivity index (χ1v) is 5.99. The largest absolute Gasteiger partial charge is 0.468 e. The van der Waals surface area contributed by atoms with Crippen molar-refractivity contribution in [2.24, 2.45) is 5.73 Å². The van der Waals surface area contributed by atoms with Crippen molar-refractivity contribution in [3.63, 3.8) is 0 Å². The second kappa shape index (κ2) is 6.30. The number of hydrogen-bond donors (Lipinski definition) is 1. The minimum atomic E-state index is -0.325. The first kappa shape index (κ1) is 14.4. The van der Waals surface area contributed by atoms with Crippen LogP contribution in [0.4, 0.5) is 5.82 Å².